The van der Waals surface area contributed by atoms with Gasteiger partial charge in [0.2, 0.25) is 0 Å². The largest absolute Gasteiger partial charge is 0.508 e. The molecule has 0 aliphatic carbocycles. The Morgan fingerprint density at radius 1 is 1.20 bits per heavy atom. The number of benzene rings is 2. The number of rotatable bonds is 2. The predicted molar refractivity (Wildman–Crippen MR) is 71.6 cm³/mol. The number of carbonyl (C=O) groups is 1. The van der Waals surface area contributed by atoms with Crippen LogP contribution < -0.4 is 11.1 Å². The fourth-order valence-electron chi connectivity index (χ4n) is 1.75. The molecule has 0 saturated carbocycles. The van der Waals surface area contributed by atoms with Crippen LogP contribution in [0.3, 0.4) is 0 Å². The Kier molecular flexibility index (Phi) is 3.56. The standard InChI is InChI=1S/C14H12F2N2O2/c1-7-4-8(19)2-3-9(7)14(20)18-13-6-12(17)10(15)5-11(13)16/h2-6,19H,17H2,1H3,(H,18,20). The number of halogens is 2. The lowest BCUT2D eigenvalue weighted by molar-refractivity contribution is 0.102. The highest BCUT2D eigenvalue weighted by molar-refractivity contribution is 6.05. The molecule has 0 fully saturated rings. The quantitative estimate of drug-likeness (QED) is 0.739. The van der Waals surface area contributed by atoms with Gasteiger partial charge in [-0.05, 0) is 36.8 Å². The molecular formula is C14H12F2N2O2. The molecule has 0 spiro atoms. The van der Waals surface area contributed by atoms with E-state index in [1.54, 1.807) is 6.92 Å². The first-order valence-electron chi connectivity index (χ1n) is 5.74. The Bertz CT molecular complexity index is 687. The van der Waals surface area contributed by atoms with Gasteiger partial charge in [0.1, 0.15) is 17.4 Å². The van der Waals surface area contributed by atoms with Gasteiger partial charge in [0.15, 0.2) is 0 Å². The Labute approximate surface area is 113 Å². The maximum Gasteiger partial charge on any atom is 0.256 e. The van der Waals surface area contributed by atoms with Crippen LogP contribution in [0, 0.1) is 18.6 Å². The minimum absolute atomic E-state index is 0.0243. The molecule has 0 saturated heterocycles. The van der Waals surface area contributed by atoms with Crippen molar-refractivity contribution < 1.29 is 18.7 Å². The zero-order valence-corrected chi connectivity index (χ0v) is 10.6. The second kappa shape index (κ2) is 5.16. The number of nitrogens with one attached hydrogen (secondary N) is 1. The SMILES string of the molecule is Cc1cc(O)ccc1C(=O)Nc1cc(N)c(F)cc1F. The van der Waals surface area contributed by atoms with E-state index in [9.17, 15) is 18.7 Å². The van der Waals surface area contributed by atoms with Crippen molar-refractivity contribution in [3.8, 4) is 5.75 Å². The second-order valence-corrected chi connectivity index (χ2v) is 4.31. The number of aromatic hydroxyl groups is 1. The molecule has 6 heteroatoms. The molecule has 0 bridgehead atoms. The topological polar surface area (TPSA) is 75.3 Å². The highest BCUT2D eigenvalue weighted by Crippen LogP contribution is 2.23. The number of phenols is 1. The minimum atomic E-state index is -0.915. The molecule has 1 amide bonds. The average molecular weight is 278 g/mol. The number of amides is 1. The predicted octanol–water partition coefficient (Wildman–Crippen LogP) is 2.81. The molecule has 20 heavy (non-hydrogen) atoms. The third-order valence-corrected chi connectivity index (χ3v) is 2.79. The number of hydrogen-bond donors (Lipinski definition) is 3. The lowest BCUT2D eigenvalue weighted by Crippen LogP contribution is -2.14. The van der Waals surface area contributed by atoms with E-state index in [2.05, 4.69) is 5.32 Å². The maximum atomic E-state index is 13.5. The van der Waals surface area contributed by atoms with Gasteiger partial charge in [0.05, 0.1) is 11.4 Å². The molecule has 104 valence electrons. The number of carbonyl (C=O) groups excluding carboxylic acids is 1. The Morgan fingerprint density at radius 3 is 2.55 bits per heavy atom. The van der Waals surface area contributed by atoms with Crippen LogP contribution in [0.2, 0.25) is 0 Å². The summed E-state index contributed by atoms with van der Waals surface area (Å²) in [4.78, 5) is 12.0. The van der Waals surface area contributed by atoms with Gasteiger partial charge in [-0.1, -0.05) is 0 Å². The molecule has 0 atom stereocenters. The van der Waals surface area contributed by atoms with Crippen molar-refractivity contribution in [2.75, 3.05) is 11.1 Å². The first-order valence-corrected chi connectivity index (χ1v) is 5.74. The molecule has 0 unspecified atom stereocenters. The van der Waals surface area contributed by atoms with Crippen LogP contribution in [0.1, 0.15) is 15.9 Å². The first kappa shape index (κ1) is 13.8. The Balaban J connectivity index is 2.30. The Morgan fingerprint density at radius 2 is 1.90 bits per heavy atom. The van der Waals surface area contributed by atoms with Gasteiger partial charge in [-0.25, -0.2) is 8.78 Å². The number of anilines is 2. The summed E-state index contributed by atoms with van der Waals surface area (Å²) in [5, 5.41) is 11.6. The van der Waals surface area contributed by atoms with Crippen molar-refractivity contribution in [2.45, 2.75) is 6.92 Å². The van der Waals surface area contributed by atoms with Gasteiger partial charge in [-0.3, -0.25) is 4.79 Å². The van der Waals surface area contributed by atoms with Crippen molar-refractivity contribution in [3.05, 3.63) is 53.1 Å². The molecule has 2 aromatic carbocycles. The van der Waals surface area contributed by atoms with Crippen molar-refractivity contribution in [1.82, 2.24) is 0 Å². The van der Waals surface area contributed by atoms with Gasteiger partial charge in [-0.2, -0.15) is 0 Å². The van der Waals surface area contributed by atoms with E-state index in [0.717, 1.165) is 6.07 Å². The summed E-state index contributed by atoms with van der Waals surface area (Å²) in [6, 6.07) is 5.78. The molecular weight excluding hydrogens is 266 g/mol. The van der Waals surface area contributed by atoms with E-state index in [1.165, 1.54) is 18.2 Å². The zero-order chi connectivity index (χ0) is 14.9. The van der Waals surface area contributed by atoms with Crippen LogP contribution in [0.5, 0.6) is 5.75 Å². The zero-order valence-electron chi connectivity index (χ0n) is 10.6. The van der Waals surface area contributed by atoms with Gasteiger partial charge in [0, 0.05) is 11.6 Å². The second-order valence-electron chi connectivity index (χ2n) is 4.31. The number of nitrogen functional groups attached to an aromatic ring is 1. The molecule has 0 radical (unpaired) electrons. The third kappa shape index (κ3) is 2.69. The van der Waals surface area contributed by atoms with Crippen LogP contribution in [-0.4, -0.2) is 11.0 Å². The van der Waals surface area contributed by atoms with Crippen LogP contribution in [0.4, 0.5) is 20.2 Å². The number of aryl methyl sites for hydroxylation is 1. The van der Waals surface area contributed by atoms with E-state index in [-0.39, 0.29) is 22.7 Å². The fourth-order valence-corrected chi connectivity index (χ4v) is 1.75. The number of nitrogens with two attached hydrogens (primary N) is 1. The van der Waals surface area contributed by atoms with Crippen LogP contribution >= 0.6 is 0 Å². The van der Waals surface area contributed by atoms with E-state index in [4.69, 9.17) is 5.73 Å². The van der Waals surface area contributed by atoms with Gasteiger partial charge in [-0.15, -0.1) is 0 Å². The molecule has 2 rings (SSSR count). The minimum Gasteiger partial charge on any atom is -0.508 e. The van der Waals surface area contributed by atoms with Crippen molar-refractivity contribution in [3.63, 3.8) is 0 Å². The van der Waals surface area contributed by atoms with E-state index in [0.29, 0.717) is 11.6 Å². The summed E-state index contributed by atoms with van der Waals surface area (Å²) >= 11 is 0. The van der Waals surface area contributed by atoms with Gasteiger partial charge in [0.25, 0.3) is 5.91 Å². The maximum absolute atomic E-state index is 13.5. The normalized spacial score (nSPS) is 10.3. The van der Waals surface area contributed by atoms with Gasteiger partial charge < -0.3 is 16.2 Å². The van der Waals surface area contributed by atoms with Crippen LogP contribution in [0.15, 0.2) is 30.3 Å². The van der Waals surface area contributed by atoms with Crippen molar-refractivity contribution in [2.24, 2.45) is 0 Å². The molecule has 0 aliphatic heterocycles. The van der Waals surface area contributed by atoms with Gasteiger partial charge >= 0.3 is 0 Å². The van der Waals surface area contributed by atoms with E-state index < -0.39 is 17.5 Å². The summed E-state index contributed by atoms with van der Waals surface area (Å²) in [6.07, 6.45) is 0. The highest BCUT2D eigenvalue weighted by atomic mass is 19.1. The van der Waals surface area contributed by atoms with Crippen molar-refractivity contribution >= 4 is 17.3 Å². The average Bonchev–Trinajstić information content (AvgIpc) is 2.35. The molecule has 4 N–H and O–H groups in total. The number of hydrogen-bond acceptors (Lipinski definition) is 3. The first-order chi connectivity index (χ1) is 9.38. The molecule has 0 heterocycles. The van der Waals surface area contributed by atoms with Crippen molar-refractivity contribution in [1.29, 1.82) is 0 Å². The fraction of sp³-hybridized carbons (Fsp3) is 0.0714. The summed E-state index contributed by atoms with van der Waals surface area (Å²) in [6.45, 7) is 1.63. The van der Waals surface area contributed by atoms with E-state index in [1.807, 2.05) is 0 Å². The molecule has 0 aromatic heterocycles. The third-order valence-electron chi connectivity index (χ3n) is 2.79. The smallest absolute Gasteiger partial charge is 0.256 e. The highest BCUT2D eigenvalue weighted by Gasteiger charge is 2.14. The van der Waals surface area contributed by atoms with E-state index >= 15 is 0 Å². The Hall–Kier alpha value is -2.63. The summed E-state index contributed by atoms with van der Waals surface area (Å²) in [5.41, 5.74) is 5.66. The molecule has 0 aliphatic rings. The summed E-state index contributed by atoms with van der Waals surface area (Å²) in [5.74, 6) is -2.36. The molecule has 4 nitrogen and oxygen atoms in total. The molecule has 2 aromatic rings. The summed E-state index contributed by atoms with van der Waals surface area (Å²) < 4.78 is 26.5. The van der Waals surface area contributed by atoms with Crippen LogP contribution in [0.25, 0.3) is 0 Å². The lowest BCUT2D eigenvalue weighted by atomic mass is 10.1. The monoisotopic (exact) mass is 278 g/mol. The summed E-state index contributed by atoms with van der Waals surface area (Å²) in [7, 11) is 0. The lowest BCUT2D eigenvalue weighted by Gasteiger charge is -2.10. The van der Waals surface area contributed by atoms with Crippen LogP contribution in [-0.2, 0) is 0 Å². The number of phenolic OH excluding ortho intramolecular Hbond substituents is 1.